The maximum atomic E-state index is 12.1. The Morgan fingerprint density at radius 3 is 2.60 bits per heavy atom. The number of likely N-dealkylation sites (tertiary alicyclic amines) is 1. The molecule has 3 atom stereocenters. The minimum Gasteiger partial charge on any atom is -0.396 e. The van der Waals surface area contributed by atoms with Crippen LogP contribution < -0.4 is 0 Å². The Morgan fingerprint density at radius 1 is 1.27 bits per heavy atom. The lowest BCUT2D eigenvalue weighted by atomic mass is 10.1. The summed E-state index contributed by atoms with van der Waals surface area (Å²) in [6.45, 7) is 1.91. The van der Waals surface area contributed by atoms with E-state index in [9.17, 15) is 4.79 Å². The van der Waals surface area contributed by atoms with Crippen LogP contribution in [0.25, 0.3) is 0 Å². The van der Waals surface area contributed by atoms with Crippen molar-refractivity contribution in [2.75, 3.05) is 19.7 Å². The zero-order chi connectivity index (χ0) is 10.4. The van der Waals surface area contributed by atoms with Gasteiger partial charge in [0, 0.05) is 31.5 Å². The molecule has 3 rings (SSSR count). The minimum absolute atomic E-state index is 0.237. The number of fused-ring (bicyclic) bond motifs is 1. The van der Waals surface area contributed by atoms with Crippen molar-refractivity contribution < 1.29 is 9.90 Å². The van der Waals surface area contributed by atoms with Gasteiger partial charge in [-0.2, -0.15) is 0 Å². The summed E-state index contributed by atoms with van der Waals surface area (Å²) in [7, 11) is 0. The monoisotopic (exact) mass is 209 g/mol. The van der Waals surface area contributed by atoms with Gasteiger partial charge in [0.1, 0.15) is 0 Å². The summed E-state index contributed by atoms with van der Waals surface area (Å²) < 4.78 is 0. The Kier molecular flexibility index (Phi) is 2.23. The first-order valence-electron chi connectivity index (χ1n) is 6.21. The van der Waals surface area contributed by atoms with Crippen molar-refractivity contribution in [2.24, 2.45) is 23.7 Å². The predicted octanol–water partition coefficient (Wildman–Crippen LogP) is 0.873. The fourth-order valence-electron chi connectivity index (χ4n) is 3.58. The average molecular weight is 209 g/mol. The van der Waals surface area contributed by atoms with Crippen LogP contribution in [0.4, 0.5) is 0 Å². The summed E-state index contributed by atoms with van der Waals surface area (Å²) in [5, 5.41) is 9.04. The summed E-state index contributed by atoms with van der Waals surface area (Å²) in [6, 6.07) is 0. The van der Waals surface area contributed by atoms with E-state index in [1.165, 1.54) is 19.3 Å². The molecule has 3 fully saturated rings. The fraction of sp³-hybridized carbons (Fsp3) is 0.917. The summed E-state index contributed by atoms with van der Waals surface area (Å²) in [5.74, 6) is 2.56. The highest BCUT2D eigenvalue weighted by atomic mass is 16.3. The number of hydrogen-bond acceptors (Lipinski definition) is 2. The Bertz CT molecular complexity index is 269. The molecule has 15 heavy (non-hydrogen) atoms. The number of amides is 1. The summed E-state index contributed by atoms with van der Waals surface area (Å²) >= 11 is 0. The van der Waals surface area contributed by atoms with Crippen molar-refractivity contribution in [1.82, 2.24) is 4.90 Å². The maximum Gasteiger partial charge on any atom is 0.226 e. The molecule has 2 aliphatic carbocycles. The molecule has 2 saturated carbocycles. The fourth-order valence-corrected chi connectivity index (χ4v) is 3.58. The molecule has 0 aromatic heterocycles. The maximum absolute atomic E-state index is 12.1. The molecule has 84 valence electrons. The second-order valence-electron chi connectivity index (χ2n) is 5.41. The second-order valence-corrected chi connectivity index (χ2v) is 5.41. The van der Waals surface area contributed by atoms with E-state index in [4.69, 9.17) is 5.11 Å². The number of nitrogens with zero attached hydrogens (tertiary/aromatic N) is 1. The van der Waals surface area contributed by atoms with Crippen LogP contribution in [0.2, 0.25) is 0 Å². The number of hydrogen-bond donors (Lipinski definition) is 1. The van der Waals surface area contributed by atoms with Crippen LogP contribution in [-0.2, 0) is 4.79 Å². The van der Waals surface area contributed by atoms with Crippen LogP contribution >= 0.6 is 0 Å². The lowest BCUT2D eigenvalue weighted by Gasteiger charge is -2.17. The number of aliphatic hydroxyl groups is 1. The third kappa shape index (κ3) is 1.48. The Hall–Kier alpha value is -0.570. The Balaban J connectivity index is 1.58. The van der Waals surface area contributed by atoms with Gasteiger partial charge in [-0.15, -0.1) is 0 Å². The average Bonchev–Trinajstić information content (AvgIpc) is 2.73. The van der Waals surface area contributed by atoms with Gasteiger partial charge in [0.05, 0.1) is 0 Å². The van der Waals surface area contributed by atoms with E-state index in [0.717, 1.165) is 31.3 Å². The molecule has 0 radical (unpaired) electrons. The van der Waals surface area contributed by atoms with Crippen LogP contribution in [0.3, 0.4) is 0 Å². The van der Waals surface area contributed by atoms with E-state index in [0.29, 0.717) is 17.7 Å². The second kappa shape index (κ2) is 3.48. The lowest BCUT2D eigenvalue weighted by Crippen LogP contribution is -2.31. The molecule has 3 nitrogen and oxygen atoms in total. The van der Waals surface area contributed by atoms with Gasteiger partial charge >= 0.3 is 0 Å². The highest BCUT2D eigenvalue weighted by molar-refractivity contribution is 5.82. The first kappa shape index (κ1) is 9.64. The number of rotatable bonds is 2. The van der Waals surface area contributed by atoms with Crippen molar-refractivity contribution >= 4 is 5.91 Å². The van der Waals surface area contributed by atoms with Gasteiger partial charge in [0.2, 0.25) is 5.91 Å². The van der Waals surface area contributed by atoms with E-state index < -0.39 is 0 Å². The van der Waals surface area contributed by atoms with Crippen LogP contribution in [0.5, 0.6) is 0 Å². The van der Waals surface area contributed by atoms with Gasteiger partial charge in [0.25, 0.3) is 0 Å². The molecule has 1 aliphatic heterocycles. The molecule has 0 aromatic rings. The van der Waals surface area contributed by atoms with Crippen molar-refractivity contribution in [2.45, 2.75) is 25.7 Å². The van der Waals surface area contributed by atoms with Gasteiger partial charge in [-0.25, -0.2) is 0 Å². The first-order valence-corrected chi connectivity index (χ1v) is 6.21. The van der Waals surface area contributed by atoms with Crippen molar-refractivity contribution in [1.29, 1.82) is 0 Å². The molecule has 1 saturated heterocycles. The molecule has 0 bridgehead atoms. The summed E-state index contributed by atoms with van der Waals surface area (Å²) in [4.78, 5) is 14.1. The number of aliphatic hydroxyl groups excluding tert-OH is 1. The van der Waals surface area contributed by atoms with Gasteiger partial charge in [-0.3, -0.25) is 4.79 Å². The molecule has 0 aromatic carbocycles. The molecule has 0 spiro atoms. The normalized spacial score (nSPS) is 43.1. The van der Waals surface area contributed by atoms with Gasteiger partial charge in [-0.1, -0.05) is 6.42 Å². The topological polar surface area (TPSA) is 40.5 Å². The highest BCUT2D eigenvalue weighted by Gasteiger charge is 2.57. The minimum atomic E-state index is 0.237. The quantitative estimate of drug-likeness (QED) is 0.733. The number of carbonyl (C=O) groups excluding carboxylic acids is 1. The van der Waals surface area contributed by atoms with E-state index in [1.54, 1.807) is 0 Å². The van der Waals surface area contributed by atoms with E-state index in [2.05, 4.69) is 0 Å². The number of carbonyl (C=O) groups is 1. The van der Waals surface area contributed by atoms with Crippen molar-refractivity contribution in [3.05, 3.63) is 0 Å². The Morgan fingerprint density at radius 2 is 2.00 bits per heavy atom. The standard InChI is InChI=1S/C12H19NO2/c14-7-8-4-5-13(6-8)12(15)11-9-2-1-3-10(9)11/h8-11,14H,1-7H2. The summed E-state index contributed by atoms with van der Waals surface area (Å²) in [5.41, 5.74) is 0. The summed E-state index contributed by atoms with van der Waals surface area (Å²) in [6.07, 6.45) is 4.87. The Labute approximate surface area is 90.5 Å². The van der Waals surface area contributed by atoms with E-state index in [1.807, 2.05) is 4.90 Å². The van der Waals surface area contributed by atoms with Gasteiger partial charge < -0.3 is 10.0 Å². The molecule has 1 amide bonds. The van der Waals surface area contributed by atoms with Crippen LogP contribution in [0, 0.1) is 23.7 Å². The van der Waals surface area contributed by atoms with Crippen molar-refractivity contribution in [3.8, 4) is 0 Å². The largest absolute Gasteiger partial charge is 0.396 e. The van der Waals surface area contributed by atoms with Crippen LogP contribution in [0.1, 0.15) is 25.7 Å². The molecule has 1 heterocycles. The highest BCUT2D eigenvalue weighted by Crippen LogP contribution is 2.58. The smallest absolute Gasteiger partial charge is 0.226 e. The molecular weight excluding hydrogens is 190 g/mol. The van der Waals surface area contributed by atoms with E-state index >= 15 is 0 Å². The third-order valence-corrected chi connectivity index (χ3v) is 4.55. The zero-order valence-electron chi connectivity index (χ0n) is 9.06. The molecule has 3 unspecified atom stereocenters. The lowest BCUT2D eigenvalue weighted by molar-refractivity contribution is -0.132. The van der Waals surface area contributed by atoms with Gasteiger partial charge in [-0.05, 0) is 31.1 Å². The third-order valence-electron chi connectivity index (χ3n) is 4.55. The zero-order valence-corrected chi connectivity index (χ0v) is 9.06. The molecule has 1 N–H and O–H groups in total. The first-order chi connectivity index (χ1) is 7.31. The van der Waals surface area contributed by atoms with Crippen LogP contribution in [-0.4, -0.2) is 35.6 Å². The van der Waals surface area contributed by atoms with Crippen LogP contribution in [0.15, 0.2) is 0 Å². The molecular formula is C12H19NO2. The molecule has 3 heteroatoms. The van der Waals surface area contributed by atoms with E-state index in [-0.39, 0.29) is 6.61 Å². The van der Waals surface area contributed by atoms with Crippen molar-refractivity contribution in [3.63, 3.8) is 0 Å². The predicted molar refractivity (Wildman–Crippen MR) is 56.1 cm³/mol. The SMILES string of the molecule is O=C(C1C2CCCC21)N1CCC(CO)C1. The van der Waals surface area contributed by atoms with Gasteiger partial charge in [0.15, 0.2) is 0 Å². The molecule has 3 aliphatic rings.